The van der Waals surface area contributed by atoms with Crippen LogP contribution in [0.15, 0.2) is 30.3 Å². The maximum Gasteiger partial charge on any atom is 0.104 e. The zero-order chi connectivity index (χ0) is 11.2. The van der Waals surface area contributed by atoms with Crippen molar-refractivity contribution in [1.29, 1.82) is 0 Å². The lowest BCUT2D eigenvalue weighted by atomic mass is 9.91. The minimum Gasteiger partial charge on any atom is -0.316 e. The predicted octanol–water partition coefficient (Wildman–Crippen LogP) is 2.96. The van der Waals surface area contributed by atoms with E-state index in [-0.39, 0.29) is 5.92 Å². The molecule has 0 saturated carbocycles. The fourth-order valence-corrected chi connectivity index (χ4v) is 2.37. The van der Waals surface area contributed by atoms with Crippen molar-refractivity contribution in [1.82, 2.24) is 5.32 Å². The van der Waals surface area contributed by atoms with Gasteiger partial charge in [-0.2, -0.15) is 0 Å². The summed E-state index contributed by atoms with van der Waals surface area (Å²) in [6.45, 7) is 1.91. The first-order chi connectivity index (χ1) is 7.86. The van der Waals surface area contributed by atoms with Crippen molar-refractivity contribution in [2.45, 2.75) is 31.9 Å². The molecule has 0 aliphatic carbocycles. The normalized spacial score (nSPS) is 22.9. The molecule has 2 unspecified atom stereocenters. The van der Waals surface area contributed by atoms with Crippen molar-refractivity contribution >= 4 is 0 Å². The quantitative estimate of drug-likeness (QED) is 0.824. The molecule has 0 spiro atoms. The van der Waals surface area contributed by atoms with Crippen LogP contribution in [0.4, 0.5) is 4.39 Å². The van der Waals surface area contributed by atoms with Crippen LogP contribution in [0.1, 0.15) is 24.8 Å². The van der Waals surface area contributed by atoms with Crippen LogP contribution in [0.3, 0.4) is 0 Å². The molecule has 2 rings (SSSR count). The molecule has 1 fully saturated rings. The zero-order valence-corrected chi connectivity index (χ0v) is 9.66. The Hall–Kier alpha value is -0.890. The minimum absolute atomic E-state index is 0.234. The fourth-order valence-electron chi connectivity index (χ4n) is 2.37. The highest BCUT2D eigenvalue weighted by molar-refractivity contribution is 5.14. The van der Waals surface area contributed by atoms with Crippen molar-refractivity contribution in [3.63, 3.8) is 0 Å². The largest absolute Gasteiger partial charge is 0.316 e. The second kappa shape index (κ2) is 6.00. The van der Waals surface area contributed by atoms with Gasteiger partial charge in [-0.15, -0.1) is 0 Å². The molecule has 1 aromatic rings. The zero-order valence-electron chi connectivity index (χ0n) is 9.66. The Morgan fingerprint density at radius 3 is 2.81 bits per heavy atom. The Labute approximate surface area is 97.1 Å². The van der Waals surface area contributed by atoms with E-state index in [0.717, 1.165) is 32.4 Å². The Morgan fingerprint density at radius 1 is 1.31 bits per heavy atom. The van der Waals surface area contributed by atoms with Crippen molar-refractivity contribution < 1.29 is 4.39 Å². The lowest BCUT2D eigenvalue weighted by molar-refractivity contribution is 0.181. The van der Waals surface area contributed by atoms with Gasteiger partial charge in [0.15, 0.2) is 0 Å². The summed E-state index contributed by atoms with van der Waals surface area (Å²) in [5.41, 5.74) is 1.24. The molecule has 2 heteroatoms. The number of alkyl halides is 1. The highest BCUT2D eigenvalue weighted by Gasteiger charge is 2.22. The Balaban J connectivity index is 1.76. The van der Waals surface area contributed by atoms with Gasteiger partial charge in [0, 0.05) is 12.5 Å². The molecule has 0 aromatic heterocycles. The van der Waals surface area contributed by atoms with Crippen LogP contribution in [0.2, 0.25) is 0 Å². The second-order valence-corrected chi connectivity index (χ2v) is 4.65. The van der Waals surface area contributed by atoms with Gasteiger partial charge in [0.25, 0.3) is 0 Å². The summed E-state index contributed by atoms with van der Waals surface area (Å²) >= 11 is 0. The molecular weight excluding hydrogens is 201 g/mol. The average Bonchev–Trinajstić information content (AvgIpc) is 2.38. The van der Waals surface area contributed by atoms with E-state index in [2.05, 4.69) is 17.4 Å². The van der Waals surface area contributed by atoms with Gasteiger partial charge in [0.1, 0.15) is 6.17 Å². The van der Waals surface area contributed by atoms with Crippen LogP contribution in [0.5, 0.6) is 0 Å². The van der Waals surface area contributed by atoms with Crippen LogP contribution < -0.4 is 5.32 Å². The summed E-state index contributed by atoms with van der Waals surface area (Å²) in [7, 11) is 0. The summed E-state index contributed by atoms with van der Waals surface area (Å²) < 4.78 is 13.9. The highest BCUT2D eigenvalue weighted by atomic mass is 19.1. The van der Waals surface area contributed by atoms with Crippen molar-refractivity contribution in [2.75, 3.05) is 13.1 Å². The Morgan fingerprint density at radius 2 is 2.12 bits per heavy atom. The molecule has 16 heavy (non-hydrogen) atoms. The molecule has 0 amide bonds. The number of benzene rings is 1. The lowest BCUT2D eigenvalue weighted by Gasteiger charge is -2.25. The first-order valence-corrected chi connectivity index (χ1v) is 6.25. The van der Waals surface area contributed by atoms with E-state index in [4.69, 9.17) is 0 Å². The molecule has 1 aliphatic rings. The van der Waals surface area contributed by atoms with Crippen LogP contribution in [0, 0.1) is 5.92 Å². The molecule has 1 N–H and O–H groups in total. The van der Waals surface area contributed by atoms with Crippen molar-refractivity contribution in [3.05, 3.63) is 35.9 Å². The molecule has 0 radical (unpaired) electrons. The summed E-state index contributed by atoms with van der Waals surface area (Å²) in [6.07, 6.45) is 3.04. The number of hydrogen-bond acceptors (Lipinski definition) is 1. The van der Waals surface area contributed by atoms with Gasteiger partial charge >= 0.3 is 0 Å². The van der Waals surface area contributed by atoms with E-state index in [1.807, 2.05) is 18.2 Å². The van der Waals surface area contributed by atoms with E-state index in [0.29, 0.717) is 6.42 Å². The number of aryl methyl sites for hydroxylation is 1. The standard InChI is InChI=1S/C14H20FN/c15-14(13-7-4-10-16-11-13)9-8-12-5-2-1-3-6-12/h1-3,5-6,13-14,16H,4,7-11H2. The van der Waals surface area contributed by atoms with Crippen molar-refractivity contribution in [3.8, 4) is 0 Å². The van der Waals surface area contributed by atoms with Gasteiger partial charge in [-0.3, -0.25) is 0 Å². The van der Waals surface area contributed by atoms with E-state index < -0.39 is 6.17 Å². The fraction of sp³-hybridized carbons (Fsp3) is 0.571. The average molecular weight is 221 g/mol. The van der Waals surface area contributed by atoms with Crippen LogP contribution in [0.25, 0.3) is 0 Å². The maximum absolute atomic E-state index is 13.9. The molecule has 2 atom stereocenters. The van der Waals surface area contributed by atoms with E-state index >= 15 is 0 Å². The third-order valence-electron chi connectivity index (χ3n) is 3.40. The number of halogens is 1. The number of hydrogen-bond donors (Lipinski definition) is 1. The Kier molecular flexibility index (Phi) is 4.34. The molecule has 0 bridgehead atoms. The van der Waals surface area contributed by atoms with E-state index in [1.165, 1.54) is 5.56 Å². The third-order valence-corrected chi connectivity index (χ3v) is 3.40. The minimum atomic E-state index is -0.645. The Bertz CT molecular complexity index is 293. The van der Waals surface area contributed by atoms with Gasteiger partial charge in [-0.1, -0.05) is 30.3 Å². The highest BCUT2D eigenvalue weighted by Crippen LogP contribution is 2.21. The third kappa shape index (κ3) is 3.31. The van der Waals surface area contributed by atoms with Crippen LogP contribution in [-0.4, -0.2) is 19.3 Å². The predicted molar refractivity (Wildman–Crippen MR) is 65.3 cm³/mol. The molecule has 1 saturated heterocycles. The number of nitrogens with one attached hydrogen (secondary N) is 1. The topological polar surface area (TPSA) is 12.0 Å². The van der Waals surface area contributed by atoms with Gasteiger partial charge < -0.3 is 5.32 Å². The lowest BCUT2D eigenvalue weighted by Crippen LogP contribution is -2.35. The van der Waals surface area contributed by atoms with Crippen LogP contribution >= 0.6 is 0 Å². The summed E-state index contributed by atoms with van der Waals surface area (Å²) in [5.74, 6) is 0.234. The van der Waals surface area contributed by atoms with Gasteiger partial charge in [0.05, 0.1) is 0 Å². The molecule has 1 aliphatic heterocycles. The summed E-state index contributed by atoms with van der Waals surface area (Å²) in [6, 6.07) is 10.2. The first kappa shape index (κ1) is 11.6. The SMILES string of the molecule is FC(CCc1ccccc1)C1CCCNC1. The van der Waals surface area contributed by atoms with E-state index in [1.54, 1.807) is 0 Å². The van der Waals surface area contributed by atoms with Crippen molar-refractivity contribution in [2.24, 2.45) is 5.92 Å². The molecular formula is C14H20FN. The second-order valence-electron chi connectivity index (χ2n) is 4.65. The summed E-state index contributed by atoms with van der Waals surface area (Å²) in [4.78, 5) is 0. The smallest absolute Gasteiger partial charge is 0.104 e. The van der Waals surface area contributed by atoms with Crippen LogP contribution in [-0.2, 0) is 6.42 Å². The summed E-state index contributed by atoms with van der Waals surface area (Å²) in [5, 5.41) is 3.27. The number of piperidine rings is 1. The monoisotopic (exact) mass is 221 g/mol. The molecule has 1 nitrogen and oxygen atoms in total. The maximum atomic E-state index is 13.9. The van der Waals surface area contributed by atoms with Gasteiger partial charge in [-0.25, -0.2) is 4.39 Å². The van der Waals surface area contributed by atoms with Gasteiger partial charge in [0.2, 0.25) is 0 Å². The van der Waals surface area contributed by atoms with E-state index in [9.17, 15) is 4.39 Å². The molecule has 1 heterocycles. The van der Waals surface area contributed by atoms with Gasteiger partial charge in [-0.05, 0) is 37.8 Å². The molecule has 88 valence electrons. The first-order valence-electron chi connectivity index (χ1n) is 6.25. The molecule has 1 aromatic carbocycles. The number of rotatable bonds is 4.